The van der Waals surface area contributed by atoms with E-state index in [-0.39, 0.29) is 5.97 Å². The zero-order valence-corrected chi connectivity index (χ0v) is 14.3. The van der Waals surface area contributed by atoms with Gasteiger partial charge in [0.25, 0.3) is 0 Å². The van der Waals surface area contributed by atoms with Gasteiger partial charge in [0, 0.05) is 26.2 Å². The molecule has 5 nitrogen and oxygen atoms in total. The Kier molecular flexibility index (Phi) is 5.46. The van der Waals surface area contributed by atoms with Gasteiger partial charge in [0.2, 0.25) is 0 Å². The number of anilines is 1. The van der Waals surface area contributed by atoms with Crippen LogP contribution >= 0.6 is 11.3 Å². The van der Waals surface area contributed by atoms with Gasteiger partial charge < -0.3 is 9.64 Å². The molecule has 124 valence electrons. The highest BCUT2D eigenvalue weighted by atomic mass is 32.1. The van der Waals surface area contributed by atoms with Crippen molar-refractivity contribution in [1.29, 1.82) is 0 Å². The van der Waals surface area contributed by atoms with E-state index in [1.165, 1.54) is 4.70 Å². The fourth-order valence-electron chi connectivity index (χ4n) is 2.65. The van der Waals surface area contributed by atoms with Gasteiger partial charge in [-0.1, -0.05) is 36.8 Å². The molecule has 1 saturated heterocycles. The lowest BCUT2D eigenvalue weighted by Crippen LogP contribution is -2.48. The summed E-state index contributed by atoms with van der Waals surface area (Å²) in [5, 5.41) is 1.08. The Labute approximate surface area is 140 Å². The molecule has 0 unspecified atom stereocenters. The molecule has 0 bridgehead atoms. The SMILES string of the molecule is CCCCOC(=O)CN1CCN(c2nc3ccccc3s2)CC1. The van der Waals surface area contributed by atoms with Crippen LogP contribution in [0.4, 0.5) is 5.13 Å². The Morgan fingerprint density at radius 1 is 1.26 bits per heavy atom. The number of rotatable bonds is 6. The number of carbonyl (C=O) groups is 1. The van der Waals surface area contributed by atoms with Crippen LogP contribution in [0.25, 0.3) is 10.2 Å². The number of piperazine rings is 1. The van der Waals surface area contributed by atoms with E-state index >= 15 is 0 Å². The number of carbonyl (C=O) groups excluding carboxylic acids is 1. The first-order valence-corrected chi connectivity index (χ1v) is 9.06. The van der Waals surface area contributed by atoms with Crippen molar-refractivity contribution < 1.29 is 9.53 Å². The molecule has 2 aromatic rings. The standard InChI is InChI=1S/C17H23N3O2S/c1-2-3-12-22-16(21)13-19-8-10-20(11-9-19)17-18-14-6-4-5-7-15(14)23-17/h4-7H,2-3,8-13H2,1H3. The normalized spacial score (nSPS) is 16.0. The van der Waals surface area contributed by atoms with Crippen molar-refractivity contribution in [3.05, 3.63) is 24.3 Å². The summed E-state index contributed by atoms with van der Waals surface area (Å²) >= 11 is 1.74. The van der Waals surface area contributed by atoms with Crippen LogP contribution in [0.1, 0.15) is 19.8 Å². The molecule has 0 aliphatic carbocycles. The summed E-state index contributed by atoms with van der Waals surface area (Å²) in [6.07, 6.45) is 1.99. The molecule has 1 aliphatic heterocycles. The average Bonchev–Trinajstić information content (AvgIpc) is 3.00. The fourth-order valence-corrected chi connectivity index (χ4v) is 3.67. The predicted molar refractivity (Wildman–Crippen MR) is 94.1 cm³/mol. The fraction of sp³-hybridized carbons (Fsp3) is 0.529. The lowest BCUT2D eigenvalue weighted by atomic mass is 10.3. The molecule has 23 heavy (non-hydrogen) atoms. The maximum Gasteiger partial charge on any atom is 0.320 e. The Bertz CT molecular complexity index is 617. The molecule has 0 radical (unpaired) electrons. The van der Waals surface area contributed by atoms with Crippen LogP contribution in [-0.2, 0) is 9.53 Å². The number of aromatic nitrogens is 1. The van der Waals surface area contributed by atoms with Crippen LogP contribution in [0.2, 0.25) is 0 Å². The van der Waals surface area contributed by atoms with Crippen LogP contribution in [0.15, 0.2) is 24.3 Å². The summed E-state index contributed by atoms with van der Waals surface area (Å²) in [6.45, 7) is 6.59. The molecule has 0 saturated carbocycles. The van der Waals surface area contributed by atoms with Crippen molar-refractivity contribution in [2.24, 2.45) is 0 Å². The van der Waals surface area contributed by atoms with Crippen LogP contribution < -0.4 is 4.90 Å². The lowest BCUT2D eigenvalue weighted by Gasteiger charge is -2.33. The second kappa shape index (κ2) is 7.75. The highest BCUT2D eigenvalue weighted by molar-refractivity contribution is 7.22. The molecule has 3 rings (SSSR count). The first kappa shape index (κ1) is 16.2. The molecule has 0 spiro atoms. The summed E-state index contributed by atoms with van der Waals surface area (Å²) in [7, 11) is 0. The van der Waals surface area contributed by atoms with Gasteiger partial charge in [0.1, 0.15) is 0 Å². The van der Waals surface area contributed by atoms with Crippen molar-refractivity contribution in [2.45, 2.75) is 19.8 Å². The number of para-hydroxylation sites is 1. The van der Waals surface area contributed by atoms with Crippen molar-refractivity contribution in [3.8, 4) is 0 Å². The van der Waals surface area contributed by atoms with Crippen molar-refractivity contribution >= 4 is 32.7 Å². The largest absolute Gasteiger partial charge is 0.465 e. The van der Waals surface area contributed by atoms with E-state index in [0.29, 0.717) is 13.2 Å². The molecule has 1 aliphatic rings. The number of ether oxygens (including phenoxy) is 1. The second-order valence-electron chi connectivity index (χ2n) is 5.80. The third kappa shape index (κ3) is 4.20. The van der Waals surface area contributed by atoms with Crippen molar-refractivity contribution in [1.82, 2.24) is 9.88 Å². The van der Waals surface area contributed by atoms with Gasteiger partial charge in [-0.05, 0) is 18.6 Å². The first-order chi connectivity index (χ1) is 11.3. The van der Waals surface area contributed by atoms with Crippen LogP contribution in [0, 0.1) is 0 Å². The summed E-state index contributed by atoms with van der Waals surface area (Å²) < 4.78 is 6.46. The van der Waals surface area contributed by atoms with Gasteiger partial charge in [0.15, 0.2) is 5.13 Å². The van der Waals surface area contributed by atoms with Crippen molar-refractivity contribution in [2.75, 3.05) is 44.2 Å². The van der Waals surface area contributed by atoms with E-state index in [9.17, 15) is 4.79 Å². The number of fused-ring (bicyclic) bond motifs is 1. The molecular weight excluding hydrogens is 310 g/mol. The average molecular weight is 333 g/mol. The second-order valence-corrected chi connectivity index (χ2v) is 6.81. The van der Waals surface area contributed by atoms with E-state index in [2.05, 4.69) is 28.9 Å². The Morgan fingerprint density at radius 3 is 2.78 bits per heavy atom. The van der Waals surface area contributed by atoms with E-state index in [0.717, 1.165) is 49.7 Å². The van der Waals surface area contributed by atoms with Crippen LogP contribution in [0.3, 0.4) is 0 Å². The van der Waals surface area contributed by atoms with Gasteiger partial charge in [-0.25, -0.2) is 4.98 Å². The van der Waals surface area contributed by atoms with E-state index in [1.807, 2.05) is 12.1 Å². The summed E-state index contributed by atoms with van der Waals surface area (Å²) in [5.41, 5.74) is 1.06. The number of esters is 1. The predicted octanol–water partition coefficient (Wildman–Crippen LogP) is 2.76. The highest BCUT2D eigenvalue weighted by Crippen LogP contribution is 2.29. The first-order valence-electron chi connectivity index (χ1n) is 8.25. The van der Waals surface area contributed by atoms with E-state index < -0.39 is 0 Å². The number of nitrogens with zero attached hydrogens (tertiary/aromatic N) is 3. The van der Waals surface area contributed by atoms with Gasteiger partial charge >= 0.3 is 5.97 Å². The minimum Gasteiger partial charge on any atom is -0.465 e. The van der Waals surface area contributed by atoms with Gasteiger partial charge in [0.05, 0.1) is 23.4 Å². The molecule has 1 aromatic carbocycles. The molecular formula is C17H23N3O2S. The molecule has 1 aromatic heterocycles. The maximum atomic E-state index is 11.8. The maximum absolute atomic E-state index is 11.8. The molecule has 6 heteroatoms. The minimum absolute atomic E-state index is 0.105. The lowest BCUT2D eigenvalue weighted by molar-refractivity contribution is -0.145. The highest BCUT2D eigenvalue weighted by Gasteiger charge is 2.21. The monoisotopic (exact) mass is 333 g/mol. The third-order valence-corrected chi connectivity index (χ3v) is 5.14. The number of hydrogen-bond acceptors (Lipinski definition) is 6. The molecule has 0 N–H and O–H groups in total. The zero-order chi connectivity index (χ0) is 16.1. The van der Waals surface area contributed by atoms with Gasteiger partial charge in [-0.2, -0.15) is 0 Å². The Morgan fingerprint density at radius 2 is 2.04 bits per heavy atom. The topological polar surface area (TPSA) is 45.7 Å². The number of unbranched alkanes of at least 4 members (excludes halogenated alkanes) is 1. The Balaban J connectivity index is 1.49. The van der Waals surface area contributed by atoms with E-state index in [1.54, 1.807) is 11.3 Å². The van der Waals surface area contributed by atoms with Gasteiger partial charge in [-0.3, -0.25) is 9.69 Å². The minimum atomic E-state index is -0.105. The summed E-state index contributed by atoms with van der Waals surface area (Å²) in [6, 6.07) is 8.23. The molecule has 2 heterocycles. The third-order valence-electron chi connectivity index (χ3n) is 4.04. The zero-order valence-electron chi connectivity index (χ0n) is 13.5. The Hall–Kier alpha value is -1.66. The molecule has 0 atom stereocenters. The molecule has 0 amide bonds. The smallest absolute Gasteiger partial charge is 0.320 e. The number of hydrogen-bond donors (Lipinski definition) is 0. The van der Waals surface area contributed by atoms with Crippen molar-refractivity contribution in [3.63, 3.8) is 0 Å². The van der Waals surface area contributed by atoms with E-state index in [4.69, 9.17) is 9.72 Å². The summed E-state index contributed by atoms with van der Waals surface area (Å²) in [4.78, 5) is 20.9. The quantitative estimate of drug-likeness (QED) is 0.601. The number of benzene rings is 1. The van der Waals surface area contributed by atoms with Crippen LogP contribution in [0.5, 0.6) is 0 Å². The molecule has 1 fully saturated rings. The number of thiazole rings is 1. The summed E-state index contributed by atoms with van der Waals surface area (Å²) in [5.74, 6) is -0.105. The van der Waals surface area contributed by atoms with Crippen LogP contribution in [-0.4, -0.2) is 55.2 Å². The van der Waals surface area contributed by atoms with Gasteiger partial charge in [-0.15, -0.1) is 0 Å².